The number of carbonyl (C=O) groups is 1. The van der Waals surface area contributed by atoms with Gasteiger partial charge in [-0.3, -0.25) is 14.7 Å². The van der Waals surface area contributed by atoms with Crippen molar-refractivity contribution in [3.8, 4) is 0 Å². The van der Waals surface area contributed by atoms with E-state index in [1.807, 2.05) is 29.2 Å². The number of guanidine groups is 1. The fourth-order valence-corrected chi connectivity index (χ4v) is 3.79. The van der Waals surface area contributed by atoms with Crippen molar-refractivity contribution in [3.05, 3.63) is 29.8 Å². The molecule has 1 aromatic rings. The van der Waals surface area contributed by atoms with Crippen LogP contribution in [0.5, 0.6) is 0 Å². The van der Waals surface area contributed by atoms with Gasteiger partial charge in [0.2, 0.25) is 5.91 Å². The minimum absolute atomic E-state index is 0. The normalized spacial score (nSPS) is 20.8. The number of nitrogens with one attached hydrogen (secondary N) is 2. The molecule has 10 heteroatoms. The molecule has 2 aliphatic heterocycles. The highest BCUT2D eigenvalue weighted by atomic mass is 127. The third kappa shape index (κ3) is 7.29. The van der Waals surface area contributed by atoms with Gasteiger partial charge in [0.05, 0.1) is 6.54 Å². The Balaban J connectivity index is 0.00000320. The Hall–Kier alpha value is -1.56. The largest absolute Gasteiger partial charge is 0.401 e. The van der Waals surface area contributed by atoms with Crippen LogP contribution in [-0.2, 0) is 11.3 Å². The molecule has 0 aromatic heterocycles. The first-order chi connectivity index (χ1) is 13.8. The molecule has 0 aliphatic carbocycles. The highest BCUT2D eigenvalue weighted by Crippen LogP contribution is 2.22. The van der Waals surface area contributed by atoms with Gasteiger partial charge in [-0.1, -0.05) is 12.1 Å². The molecule has 2 N–H and O–H groups in total. The smallest absolute Gasteiger partial charge is 0.352 e. The molecule has 168 valence electrons. The second kappa shape index (κ2) is 11.2. The molecule has 1 amide bonds. The zero-order valence-corrected chi connectivity index (χ0v) is 19.4. The number of nitrogens with zero attached hydrogens (tertiary/aromatic N) is 3. The minimum Gasteiger partial charge on any atom is -0.352 e. The maximum absolute atomic E-state index is 12.5. The zero-order chi connectivity index (χ0) is 20.9. The number of benzene rings is 1. The van der Waals surface area contributed by atoms with Crippen molar-refractivity contribution >= 4 is 41.5 Å². The first-order valence-corrected chi connectivity index (χ1v) is 9.99. The van der Waals surface area contributed by atoms with Crippen LogP contribution in [0.2, 0.25) is 0 Å². The minimum atomic E-state index is -4.17. The van der Waals surface area contributed by atoms with Gasteiger partial charge in [-0.2, -0.15) is 13.2 Å². The Morgan fingerprint density at radius 1 is 1.20 bits per heavy atom. The Bertz CT molecular complexity index is 726. The highest BCUT2D eigenvalue weighted by Gasteiger charge is 2.34. The molecule has 1 unspecified atom stereocenters. The molecule has 0 bridgehead atoms. The Kier molecular flexibility index (Phi) is 9.20. The van der Waals surface area contributed by atoms with Crippen LogP contribution < -0.4 is 15.5 Å². The molecule has 2 aliphatic rings. The van der Waals surface area contributed by atoms with Crippen LogP contribution >= 0.6 is 24.0 Å². The Labute approximate surface area is 192 Å². The number of carbonyl (C=O) groups excluding carboxylic acids is 1. The summed E-state index contributed by atoms with van der Waals surface area (Å²) in [7, 11) is 1.64. The van der Waals surface area contributed by atoms with Crippen molar-refractivity contribution < 1.29 is 18.0 Å². The van der Waals surface area contributed by atoms with Crippen LogP contribution in [0, 0.1) is 0 Å². The summed E-state index contributed by atoms with van der Waals surface area (Å²) >= 11 is 0. The van der Waals surface area contributed by atoms with Gasteiger partial charge < -0.3 is 15.5 Å². The molecule has 30 heavy (non-hydrogen) atoms. The summed E-state index contributed by atoms with van der Waals surface area (Å²) in [6.45, 7) is 1.19. The second-order valence-electron chi connectivity index (χ2n) is 7.57. The number of amides is 1. The lowest BCUT2D eigenvalue weighted by Gasteiger charge is -2.27. The van der Waals surface area contributed by atoms with Gasteiger partial charge in [-0.05, 0) is 37.0 Å². The maximum atomic E-state index is 12.5. The summed E-state index contributed by atoms with van der Waals surface area (Å²) in [6.07, 6.45) is -0.932. The summed E-state index contributed by atoms with van der Waals surface area (Å²) in [5.41, 5.74) is 1.95. The van der Waals surface area contributed by atoms with Crippen LogP contribution in [0.25, 0.3) is 0 Å². The number of rotatable bonds is 5. The molecule has 6 nitrogen and oxygen atoms in total. The molecule has 0 saturated carbocycles. The van der Waals surface area contributed by atoms with Gasteiger partial charge >= 0.3 is 6.18 Å². The fourth-order valence-electron chi connectivity index (χ4n) is 3.79. The highest BCUT2D eigenvalue weighted by molar-refractivity contribution is 14.0. The number of alkyl halides is 3. The van der Waals surface area contributed by atoms with E-state index in [1.165, 1.54) is 4.90 Å². The topological polar surface area (TPSA) is 60.0 Å². The number of hydrogen-bond donors (Lipinski definition) is 2. The average Bonchev–Trinajstić information content (AvgIpc) is 3.11. The molecule has 3 rings (SSSR count). The van der Waals surface area contributed by atoms with Gasteiger partial charge in [-0.15, -0.1) is 24.0 Å². The SMILES string of the molecule is CN=C(NCc1ccc(N2CCCCC2=O)cc1)NC1CCN(CC(F)(F)F)C1.I. The quantitative estimate of drug-likeness (QED) is 0.343. The van der Waals surface area contributed by atoms with Crippen molar-refractivity contribution in [1.82, 2.24) is 15.5 Å². The number of halogens is 4. The summed E-state index contributed by atoms with van der Waals surface area (Å²) in [5, 5.41) is 6.40. The Morgan fingerprint density at radius 3 is 2.57 bits per heavy atom. The number of piperidine rings is 1. The fraction of sp³-hybridized carbons (Fsp3) is 0.600. The van der Waals surface area contributed by atoms with Gasteiger partial charge in [0.25, 0.3) is 0 Å². The van der Waals surface area contributed by atoms with Crippen LogP contribution in [-0.4, -0.2) is 62.2 Å². The van der Waals surface area contributed by atoms with E-state index in [9.17, 15) is 18.0 Å². The molecule has 0 radical (unpaired) electrons. The van der Waals surface area contributed by atoms with Crippen molar-refractivity contribution in [2.24, 2.45) is 4.99 Å². The second-order valence-corrected chi connectivity index (χ2v) is 7.57. The monoisotopic (exact) mass is 539 g/mol. The lowest BCUT2D eigenvalue weighted by molar-refractivity contribution is -0.143. The van der Waals surface area contributed by atoms with E-state index in [1.54, 1.807) is 7.05 Å². The molecular weight excluding hydrogens is 510 g/mol. The van der Waals surface area contributed by atoms with E-state index in [2.05, 4.69) is 15.6 Å². The lowest BCUT2D eigenvalue weighted by atomic mass is 10.1. The maximum Gasteiger partial charge on any atom is 0.401 e. The first-order valence-electron chi connectivity index (χ1n) is 9.99. The van der Waals surface area contributed by atoms with Crippen molar-refractivity contribution in [2.45, 2.75) is 44.4 Å². The van der Waals surface area contributed by atoms with Crippen molar-refractivity contribution in [1.29, 1.82) is 0 Å². The third-order valence-corrected chi connectivity index (χ3v) is 5.27. The van der Waals surface area contributed by atoms with E-state index in [0.29, 0.717) is 38.4 Å². The molecule has 2 heterocycles. The van der Waals surface area contributed by atoms with E-state index in [4.69, 9.17) is 0 Å². The molecular formula is C20H29F3IN5O. The molecule has 1 atom stereocenters. The predicted octanol–water partition coefficient (Wildman–Crippen LogP) is 3.12. The summed E-state index contributed by atoms with van der Waals surface area (Å²) in [4.78, 5) is 19.4. The van der Waals surface area contributed by atoms with Crippen LogP contribution in [0.15, 0.2) is 29.3 Å². The van der Waals surface area contributed by atoms with Crippen molar-refractivity contribution in [3.63, 3.8) is 0 Å². The molecule has 1 aromatic carbocycles. The molecule has 0 spiro atoms. The summed E-state index contributed by atoms with van der Waals surface area (Å²) in [6, 6.07) is 7.78. The van der Waals surface area contributed by atoms with Crippen LogP contribution in [0.3, 0.4) is 0 Å². The summed E-state index contributed by atoms with van der Waals surface area (Å²) < 4.78 is 37.6. The van der Waals surface area contributed by atoms with Gasteiger partial charge in [0, 0.05) is 51.4 Å². The van der Waals surface area contributed by atoms with Gasteiger partial charge in [-0.25, -0.2) is 0 Å². The van der Waals surface area contributed by atoms with E-state index in [0.717, 1.165) is 30.6 Å². The first kappa shape index (κ1) is 24.7. The van der Waals surface area contributed by atoms with Crippen molar-refractivity contribution in [2.75, 3.05) is 38.1 Å². The summed E-state index contributed by atoms with van der Waals surface area (Å²) in [5.74, 6) is 0.738. The lowest BCUT2D eigenvalue weighted by Crippen LogP contribution is -2.44. The third-order valence-electron chi connectivity index (χ3n) is 5.27. The standard InChI is InChI=1S/C20H28F3N5O.HI/c1-24-19(26-16-9-11-27(13-16)14-20(21,22)23)25-12-15-5-7-17(8-6-15)28-10-3-2-4-18(28)29;/h5-8,16H,2-4,9-14H2,1H3,(H2,24,25,26);1H. The molecule has 2 fully saturated rings. The van der Waals surface area contributed by atoms with E-state index >= 15 is 0 Å². The van der Waals surface area contributed by atoms with E-state index in [-0.39, 0.29) is 35.9 Å². The number of aliphatic imine (C=N–C) groups is 1. The Morgan fingerprint density at radius 2 is 1.93 bits per heavy atom. The number of hydrogen-bond acceptors (Lipinski definition) is 3. The number of anilines is 1. The van der Waals surface area contributed by atoms with E-state index < -0.39 is 12.7 Å². The van der Waals surface area contributed by atoms with Gasteiger partial charge in [0.1, 0.15) is 0 Å². The number of likely N-dealkylation sites (tertiary alicyclic amines) is 1. The van der Waals surface area contributed by atoms with Crippen LogP contribution in [0.4, 0.5) is 18.9 Å². The van der Waals surface area contributed by atoms with Crippen LogP contribution in [0.1, 0.15) is 31.2 Å². The molecule has 2 saturated heterocycles. The average molecular weight is 539 g/mol. The predicted molar refractivity (Wildman–Crippen MR) is 122 cm³/mol. The zero-order valence-electron chi connectivity index (χ0n) is 17.0. The van der Waals surface area contributed by atoms with Gasteiger partial charge in [0.15, 0.2) is 5.96 Å².